The number of furan rings is 1. The second-order valence-corrected chi connectivity index (χ2v) is 15.2. The largest absolute Gasteiger partial charge is 0.455 e. The number of fused-ring (bicyclic) bond motifs is 13. The number of rotatable bonds is 4. The SMILES string of the molecule is Cc1cc(-n2c3ccccc3c3c4c5ccccc5n5c6ccccc6c(cc32)c45)c2c(oc3ccccc32)c1-c1nc(-c2ccccc2)nc(-c2ccccc2)n1. The lowest BCUT2D eigenvalue weighted by Crippen LogP contribution is -2.03. The van der Waals surface area contributed by atoms with Gasteiger partial charge in [0.2, 0.25) is 0 Å². The van der Waals surface area contributed by atoms with Crippen molar-refractivity contribution in [1.82, 2.24) is 23.9 Å². The molecule has 13 aromatic rings. The van der Waals surface area contributed by atoms with Crippen molar-refractivity contribution >= 4 is 81.8 Å². The summed E-state index contributed by atoms with van der Waals surface area (Å²) < 4.78 is 11.9. The van der Waals surface area contributed by atoms with Gasteiger partial charge in [0.25, 0.3) is 0 Å². The van der Waals surface area contributed by atoms with Gasteiger partial charge >= 0.3 is 0 Å². The fourth-order valence-corrected chi connectivity index (χ4v) is 9.60. The van der Waals surface area contributed by atoms with E-state index in [0.717, 1.165) is 60.9 Å². The molecule has 0 saturated heterocycles. The molecule has 0 aliphatic rings. The first-order chi connectivity index (χ1) is 28.7. The molecule has 0 atom stereocenters. The maximum atomic E-state index is 6.97. The predicted molar refractivity (Wildman–Crippen MR) is 237 cm³/mol. The van der Waals surface area contributed by atoms with Crippen molar-refractivity contribution in [2.24, 2.45) is 0 Å². The first kappa shape index (κ1) is 31.4. The Morgan fingerprint density at radius 2 is 0.966 bits per heavy atom. The highest BCUT2D eigenvalue weighted by atomic mass is 16.3. The molecular weight excluding hydrogens is 711 g/mol. The van der Waals surface area contributed by atoms with Crippen molar-refractivity contribution in [2.75, 3.05) is 0 Å². The Morgan fingerprint density at radius 3 is 1.66 bits per heavy atom. The summed E-state index contributed by atoms with van der Waals surface area (Å²) >= 11 is 0. The maximum absolute atomic E-state index is 6.97. The minimum absolute atomic E-state index is 0.572. The Hall–Kier alpha value is -7.83. The van der Waals surface area contributed by atoms with Crippen LogP contribution in [-0.4, -0.2) is 23.9 Å². The van der Waals surface area contributed by atoms with Crippen LogP contribution in [0.25, 0.3) is 122 Å². The van der Waals surface area contributed by atoms with Gasteiger partial charge in [0.15, 0.2) is 17.5 Å². The van der Waals surface area contributed by atoms with Gasteiger partial charge < -0.3 is 13.4 Å². The van der Waals surface area contributed by atoms with E-state index in [1.807, 2.05) is 66.7 Å². The second kappa shape index (κ2) is 11.6. The molecule has 0 bridgehead atoms. The van der Waals surface area contributed by atoms with Crippen LogP contribution in [0.3, 0.4) is 0 Å². The minimum Gasteiger partial charge on any atom is -0.455 e. The van der Waals surface area contributed by atoms with E-state index in [9.17, 15) is 0 Å². The molecular formula is C52H31N5O. The van der Waals surface area contributed by atoms with Crippen molar-refractivity contribution in [1.29, 1.82) is 0 Å². The number of hydrogen-bond acceptors (Lipinski definition) is 4. The highest BCUT2D eigenvalue weighted by Gasteiger charge is 2.27. The van der Waals surface area contributed by atoms with E-state index >= 15 is 0 Å². The lowest BCUT2D eigenvalue weighted by molar-refractivity contribution is 0.669. The highest BCUT2D eigenvalue weighted by molar-refractivity contribution is 6.36. The van der Waals surface area contributed by atoms with Gasteiger partial charge in [-0.05, 0) is 48.9 Å². The first-order valence-corrected chi connectivity index (χ1v) is 19.6. The fraction of sp³-hybridized carbons (Fsp3) is 0.0192. The monoisotopic (exact) mass is 741 g/mol. The van der Waals surface area contributed by atoms with E-state index in [1.165, 1.54) is 48.9 Å². The topological polar surface area (TPSA) is 61.2 Å². The zero-order valence-corrected chi connectivity index (χ0v) is 31.3. The first-order valence-electron chi connectivity index (χ1n) is 19.6. The lowest BCUT2D eigenvalue weighted by Gasteiger charge is -2.15. The van der Waals surface area contributed by atoms with Crippen molar-refractivity contribution in [2.45, 2.75) is 6.92 Å². The van der Waals surface area contributed by atoms with Gasteiger partial charge in [-0.25, -0.2) is 15.0 Å². The molecule has 0 aliphatic carbocycles. The second-order valence-electron chi connectivity index (χ2n) is 15.2. The predicted octanol–water partition coefficient (Wildman–Crippen LogP) is 13.3. The van der Waals surface area contributed by atoms with E-state index < -0.39 is 0 Å². The molecule has 0 N–H and O–H groups in total. The molecule has 8 aromatic carbocycles. The molecule has 13 rings (SSSR count). The van der Waals surface area contributed by atoms with Crippen LogP contribution in [0, 0.1) is 6.92 Å². The molecule has 0 unspecified atom stereocenters. The molecule has 5 aromatic heterocycles. The zero-order chi connectivity index (χ0) is 38.1. The van der Waals surface area contributed by atoms with Crippen LogP contribution in [0.2, 0.25) is 0 Å². The van der Waals surface area contributed by atoms with E-state index in [1.54, 1.807) is 0 Å². The van der Waals surface area contributed by atoms with Crippen molar-refractivity contribution in [3.05, 3.63) is 175 Å². The summed E-state index contributed by atoms with van der Waals surface area (Å²) in [5.41, 5.74) is 12.3. The van der Waals surface area contributed by atoms with Gasteiger partial charge in [-0.2, -0.15) is 0 Å². The Bertz CT molecular complexity index is 3740. The van der Waals surface area contributed by atoms with E-state index in [4.69, 9.17) is 19.4 Å². The summed E-state index contributed by atoms with van der Waals surface area (Å²) in [6, 6.07) is 59.8. The van der Waals surface area contributed by atoms with Crippen molar-refractivity contribution in [3.8, 4) is 39.9 Å². The molecule has 270 valence electrons. The Morgan fingerprint density at radius 1 is 0.431 bits per heavy atom. The van der Waals surface area contributed by atoms with Gasteiger partial charge in [-0.1, -0.05) is 133 Å². The molecule has 5 heterocycles. The van der Waals surface area contributed by atoms with Crippen LogP contribution in [-0.2, 0) is 0 Å². The number of hydrogen-bond donors (Lipinski definition) is 0. The fourth-order valence-electron chi connectivity index (χ4n) is 9.60. The molecule has 0 amide bonds. The third kappa shape index (κ3) is 4.18. The number of aromatic nitrogens is 5. The van der Waals surface area contributed by atoms with Crippen LogP contribution in [0.1, 0.15) is 5.56 Å². The average molecular weight is 742 g/mol. The third-order valence-electron chi connectivity index (χ3n) is 12.0. The molecule has 0 aliphatic heterocycles. The minimum atomic E-state index is 0.572. The van der Waals surface area contributed by atoms with Crippen LogP contribution in [0.15, 0.2) is 174 Å². The summed E-state index contributed by atoms with van der Waals surface area (Å²) in [5.74, 6) is 1.80. The molecule has 0 saturated carbocycles. The standard InChI is InChI=1S/C52H31N5O/c1-30-28-41(56-39-25-13-9-21-34(39)45-42(56)29-37-33-20-8-12-24-38(33)57-40-26-14-10-22-35(40)47(45)48(37)57)46-36-23-11-15-27-43(36)58-49(46)44(30)52-54-50(31-16-4-2-5-17-31)53-51(55-52)32-18-6-3-7-19-32/h2-29H,1H3. The van der Waals surface area contributed by atoms with Crippen LogP contribution >= 0.6 is 0 Å². The van der Waals surface area contributed by atoms with E-state index in [2.05, 4.69) is 119 Å². The van der Waals surface area contributed by atoms with Gasteiger partial charge in [0.1, 0.15) is 11.2 Å². The Labute approximate surface area is 331 Å². The zero-order valence-electron chi connectivity index (χ0n) is 31.3. The summed E-state index contributed by atoms with van der Waals surface area (Å²) in [5, 5.41) is 9.53. The number of para-hydroxylation sites is 4. The summed E-state index contributed by atoms with van der Waals surface area (Å²) in [6.07, 6.45) is 0. The summed E-state index contributed by atoms with van der Waals surface area (Å²) in [7, 11) is 0. The van der Waals surface area contributed by atoms with Crippen molar-refractivity contribution < 1.29 is 4.42 Å². The number of nitrogens with zero attached hydrogens (tertiary/aromatic N) is 5. The molecule has 6 heteroatoms. The van der Waals surface area contributed by atoms with Crippen LogP contribution in [0.5, 0.6) is 0 Å². The Kier molecular flexibility index (Phi) is 6.28. The van der Waals surface area contributed by atoms with Gasteiger partial charge in [0.05, 0.1) is 44.2 Å². The Balaban J connectivity index is 1.18. The van der Waals surface area contributed by atoms with E-state index in [-0.39, 0.29) is 0 Å². The van der Waals surface area contributed by atoms with E-state index in [0.29, 0.717) is 17.5 Å². The van der Waals surface area contributed by atoms with Gasteiger partial charge in [-0.15, -0.1) is 0 Å². The van der Waals surface area contributed by atoms with Crippen LogP contribution in [0.4, 0.5) is 0 Å². The van der Waals surface area contributed by atoms with Gasteiger partial charge in [-0.3, -0.25) is 0 Å². The maximum Gasteiger partial charge on any atom is 0.168 e. The lowest BCUT2D eigenvalue weighted by atomic mass is 10.00. The summed E-state index contributed by atoms with van der Waals surface area (Å²) in [4.78, 5) is 15.4. The highest BCUT2D eigenvalue weighted by Crippen LogP contribution is 2.49. The number of benzene rings is 8. The molecule has 6 nitrogen and oxygen atoms in total. The molecule has 58 heavy (non-hydrogen) atoms. The van der Waals surface area contributed by atoms with Crippen molar-refractivity contribution in [3.63, 3.8) is 0 Å². The number of aryl methyl sites for hydroxylation is 1. The smallest absolute Gasteiger partial charge is 0.168 e. The normalized spacial score (nSPS) is 12.2. The quantitative estimate of drug-likeness (QED) is 0.180. The third-order valence-corrected chi connectivity index (χ3v) is 12.0. The molecule has 0 radical (unpaired) electrons. The molecule has 0 spiro atoms. The van der Waals surface area contributed by atoms with Crippen LogP contribution < -0.4 is 0 Å². The molecule has 0 fully saturated rings. The van der Waals surface area contributed by atoms with Gasteiger partial charge in [0, 0.05) is 48.8 Å². The average Bonchev–Trinajstić information content (AvgIpc) is 4.02. The summed E-state index contributed by atoms with van der Waals surface area (Å²) in [6.45, 7) is 2.15.